The third kappa shape index (κ3) is 73.3. The maximum absolute atomic E-state index is 12.9. The van der Waals surface area contributed by atoms with Crippen LogP contribution >= 0.6 is 7.82 Å². The molecule has 0 aromatic carbocycles. The number of likely N-dealkylation sites (N-methyl/N-ethyl adjacent to an activating group) is 1. The Hall–Kier alpha value is -1.77. The Bertz CT molecular complexity index is 1580. The molecule has 2 atom stereocenters. The van der Waals surface area contributed by atoms with E-state index in [9.17, 15) is 19.0 Å². The monoisotopic (exact) mass is 1260 g/mol. The van der Waals surface area contributed by atoms with Gasteiger partial charge in [0.2, 0.25) is 0 Å². The number of allylic oxidation sites excluding steroid dienone is 6. The van der Waals surface area contributed by atoms with Crippen molar-refractivity contribution in [2.45, 2.75) is 405 Å². The minimum absolute atomic E-state index is 0.0277. The smallest absolute Gasteiger partial charge is 0.306 e. The van der Waals surface area contributed by atoms with Crippen LogP contribution in [0.3, 0.4) is 0 Å². The fraction of sp³-hybridized carbons (Fsp3) is 0.897. The molecule has 0 N–H and O–H groups in total. The van der Waals surface area contributed by atoms with E-state index in [-0.39, 0.29) is 32.0 Å². The molecule has 0 aliphatic carbocycles. The number of ether oxygens (including phenoxy) is 2. The van der Waals surface area contributed by atoms with E-state index in [0.717, 1.165) is 38.5 Å². The molecule has 0 aliphatic heterocycles. The van der Waals surface area contributed by atoms with Crippen LogP contribution in [0.4, 0.5) is 0 Å². The quantitative estimate of drug-likeness (QED) is 0.0195. The Morgan fingerprint density at radius 1 is 0.352 bits per heavy atom. The van der Waals surface area contributed by atoms with Crippen molar-refractivity contribution in [1.29, 1.82) is 0 Å². The first kappa shape index (κ1) is 86.2. The molecule has 520 valence electrons. The maximum Gasteiger partial charge on any atom is 0.306 e. The molecule has 0 spiro atoms. The van der Waals surface area contributed by atoms with Gasteiger partial charge in [0.1, 0.15) is 19.8 Å². The van der Waals surface area contributed by atoms with Gasteiger partial charge in [-0.3, -0.25) is 14.2 Å². The molecule has 0 aromatic heterocycles. The van der Waals surface area contributed by atoms with Crippen LogP contribution < -0.4 is 4.89 Å². The van der Waals surface area contributed by atoms with Gasteiger partial charge in [0.15, 0.2) is 6.10 Å². The number of phosphoric ester groups is 1. The summed E-state index contributed by atoms with van der Waals surface area (Å²) in [6.45, 7) is 4.31. The van der Waals surface area contributed by atoms with E-state index in [0.29, 0.717) is 17.4 Å². The van der Waals surface area contributed by atoms with Crippen molar-refractivity contribution < 1.29 is 42.1 Å². The number of hydrogen-bond donors (Lipinski definition) is 0. The lowest BCUT2D eigenvalue weighted by molar-refractivity contribution is -0.870. The third-order valence-corrected chi connectivity index (χ3v) is 18.6. The van der Waals surface area contributed by atoms with Gasteiger partial charge in [0.25, 0.3) is 7.82 Å². The second-order valence-corrected chi connectivity index (χ2v) is 29.1. The normalized spacial score (nSPS) is 13.2. The summed E-state index contributed by atoms with van der Waals surface area (Å²) in [7, 11) is 1.19. The predicted octanol–water partition coefficient (Wildman–Crippen LogP) is 24.8. The van der Waals surface area contributed by atoms with Crippen molar-refractivity contribution >= 4 is 19.8 Å². The van der Waals surface area contributed by atoms with E-state index >= 15 is 0 Å². The van der Waals surface area contributed by atoms with Gasteiger partial charge in [-0.05, 0) is 70.6 Å². The summed E-state index contributed by atoms with van der Waals surface area (Å²) < 4.78 is 34.4. The highest BCUT2D eigenvalue weighted by molar-refractivity contribution is 7.45. The van der Waals surface area contributed by atoms with Crippen LogP contribution in [0.25, 0.3) is 0 Å². The molecule has 0 radical (unpaired) electrons. The molecule has 10 heteroatoms. The predicted molar refractivity (Wildman–Crippen MR) is 379 cm³/mol. The van der Waals surface area contributed by atoms with E-state index in [1.807, 2.05) is 21.1 Å². The van der Waals surface area contributed by atoms with Crippen LogP contribution in [0.1, 0.15) is 399 Å². The topological polar surface area (TPSA) is 111 Å². The number of nitrogens with zero attached hydrogens (tertiary/aromatic N) is 1. The minimum atomic E-state index is -4.64. The Kier molecular flexibility index (Phi) is 68.2. The lowest BCUT2D eigenvalue weighted by Gasteiger charge is -2.28. The number of quaternary nitrogens is 1. The molecule has 9 nitrogen and oxygen atoms in total. The molecular weight excluding hydrogens is 1110 g/mol. The largest absolute Gasteiger partial charge is 0.756 e. The summed E-state index contributed by atoms with van der Waals surface area (Å²) in [6, 6.07) is 0. The second kappa shape index (κ2) is 69.6. The summed E-state index contributed by atoms with van der Waals surface area (Å²) in [5.74, 6) is -0.809. The number of carbonyl (C=O) groups excluding carboxylic acids is 2. The fourth-order valence-corrected chi connectivity index (χ4v) is 12.4. The summed E-state index contributed by atoms with van der Waals surface area (Å²) in [5.41, 5.74) is 0. The Labute approximate surface area is 548 Å². The molecule has 0 bridgehead atoms. The molecule has 0 aliphatic rings. The summed E-state index contributed by atoms with van der Waals surface area (Å²) in [6.07, 6.45) is 89.8. The van der Waals surface area contributed by atoms with Crippen molar-refractivity contribution in [3.8, 4) is 0 Å². The highest BCUT2D eigenvalue weighted by atomic mass is 31.2. The van der Waals surface area contributed by atoms with Crippen LogP contribution in [0.2, 0.25) is 0 Å². The first-order chi connectivity index (χ1) is 43.0. The molecule has 0 fully saturated rings. The molecule has 88 heavy (non-hydrogen) atoms. The number of esters is 2. The molecule has 0 heterocycles. The second-order valence-electron chi connectivity index (χ2n) is 27.7. The van der Waals surface area contributed by atoms with Crippen molar-refractivity contribution in [1.82, 2.24) is 0 Å². The number of rotatable bonds is 73. The molecule has 0 aromatic rings. The standard InChI is InChI=1S/C78H150NO8P/c1-6-8-10-12-14-16-18-20-22-24-26-28-30-32-34-36-37-38-39-40-41-43-44-46-48-50-52-54-56-58-60-62-64-66-68-70-77(80)84-74-76(75-86-88(82,83)85-73-72-79(3,4)5)87-78(81)71-69-67-65-63-61-59-57-55-53-51-49-47-45-42-35-33-31-29-27-25-23-21-19-17-15-13-11-9-7-2/h19,21,24-27,76H,6-18,20,22-23,28-75H2,1-5H3/b21-19-,26-24-,27-25-. The zero-order valence-electron chi connectivity index (χ0n) is 59.5. The van der Waals surface area contributed by atoms with Crippen LogP contribution in [0.15, 0.2) is 36.5 Å². The first-order valence-electron chi connectivity index (χ1n) is 38.7. The molecule has 2 unspecified atom stereocenters. The lowest BCUT2D eigenvalue weighted by Crippen LogP contribution is -2.37. The van der Waals surface area contributed by atoms with Crippen LogP contribution in [-0.2, 0) is 32.7 Å². The number of carbonyl (C=O) groups is 2. The van der Waals surface area contributed by atoms with Gasteiger partial charge in [-0.25, -0.2) is 0 Å². The lowest BCUT2D eigenvalue weighted by atomic mass is 10.0. The zero-order chi connectivity index (χ0) is 64.1. The van der Waals surface area contributed by atoms with Crippen molar-refractivity contribution in [3.05, 3.63) is 36.5 Å². The van der Waals surface area contributed by atoms with Crippen LogP contribution in [0.5, 0.6) is 0 Å². The van der Waals surface area contributed by atoms with Crippen LogP contribution in [0, 0.1) is 0 Å². The zero-order valence-corrected chi connectivity index (χ0v) is 60.4. The van der Waals surface area contributed by atoms with Gasteiger partial charge in [0.05, 0.1) is 27.7 Å². The highest BCUT2D eigenvalue weighted by Crippen LogP contribution is 2.38. The van der Waals surface area contributed by atoms with E-state index in [1.165, 1.54) is 327 Å². The molecule has 0 saturated carbocycles. The molecule has 0 rings (SSSR count). The van der Waals surface area contributed by atoms with Crippen molar-refractivity contribution in [3.63, 3.8) is 0 Å². The van der Waals surface area contributed by atoms with Crippen LogP contribution in [-0.4, -0.2) is 70.0 Å². The van der Waals surface area contributed by atoms with Gasteiger partial charge < -0.3 is 27.9 Å². The van der Waals surface area contributed by atoms with Gasteiger partial charge in [-0.1, -0.05) is 352 Å². The van der Waals surface area contributed by atoms with Gasteiger partial charge >= 0.3 is 11.9 Å². The molecular formula is C78H150NO8P. The van der Waals surface area contributed by atoms with E-state index in [1.54, 1.807) is 0 Å². The summed E-state index contributed by atoms with van der Waals surface area (Å²) in [5, 5.41) is 0. The number of phosphoric acid groups is 1. The van der Waals surface area contributed by atoms with Gasteiger partial charge in [-0.2, -0.15) is 0 Å². The fourth-order valence-electron chi connectivity index (χ4n) is 11.7. The average Bonchev–Trinajstić information content (AvgIpc) is 3.68. The van der Waals surface area contributed by atoms with E-state index < -0.39 is 26.5 Å². The maximum atomic E-state index is 12.9. The first-order valence-corrected chi connectivity index (χ1v) is 40.2. The van der Waals surface area contributed by atoms with Gasteiger partial charge in [-0.15, -0.1) is 0 Å². The summed E-state index contributed by atoms with van der Waals surface area (Å²) in [4.78, 5) is 38.1. The number of unbranched alkanes of at least 4 members (excludes halogenated alkanes) is 53. The Morgan fingerprint density at radius 2 is 0.614 bits per heavy atom. The van der Waals surface area contributed by atoms with Crippen molar-refractivity contribution in [2.75, 3.05) is 47.5 Å². The SMILES string of the molecule is CCCCCCC/C=C\C/C=C\CCCCCCCCCCCCCCCCCCCC(=O)OC(COC(=O)CCCCCCCCCCCCCCCCCCCCCCCCC/C=C\CCCCCCCCCC)COP(=O)([O-])OCC[N+](C)(C)C. The highest BCUT2D eigenvalue weighted by Gasteiger charge is 2.22. The average molecular weight is 1260 g/mol. The Balaban J connectivity index is 3.92. The van der Waals surface area contributed by atoms with E-state index in [4.69, 9.17) is 18.5 Å². The van der Waals surface area contributed by atoms with Crippen molar-refractivity contribution in [2.24, 2.45) is 0 Å². The third-order valence-electron chi connectivity index (χ3n) is 17.6. The molecule has 0 saturated heterocycles. The number of hydrogen-bond acceptors (Lipinski definition) is 8. The molecule has 0 amide bonds. The van der Waals surface area contributed by atoms with Gasteiger partial charge in [0, 0.05) is 12.8 Å². The Morgan fingerprint density at radius 3 is 0.909 bits per heavy atom. The van der Waals surface area contributed by atoms with E-state index in [2.05, 4.69) is 50.3 Å². The summed E-state index contributed by atoms with van der Waals surface area (Å²) >= 11 is 0. The minimum Gasteiger partial charge on any atom is -0.756 e.